The third kappa shape index (κ3) is 5.55. The molecule has 0 aliphatic heterocycles. The highest BCUT2D eigenvalue weighted by Crippen LogP contribution is 2.23. The summed E-state index contributed by atoms with van der Waals surface area (Å²) >= 11 is 1.95. The van der Waals surface area contributed by atoms with Crippen LogP contribution in [0.4, 0.5) is 0 Å². The second-order valence-corrected chi connectivity index (χ2v) is 5.88. The summed E-state index contributed by atoms with van der Waals surface area (Å²) in [6.07, 6.45) is 11.7. The van der Waals surface area contributed by atoms with Crippen LogP contribution in [0.15, 0.2) is 0 Å². The molecule has 16 heavy (non-hydrogen) atoms. The number of thioether (sulfide) groups is 1. The number of rotatable bonds is 8. The molecule has 2 unspecified atom stereocenters. The average Bonchev–Trinajstić information content (AvgIpc) is 2.34. The highest BCUT2D eigenvalue weighted by atomic mass is 32.2. The first-order valence-electron chi connectivity index (χ1n) is 6.81. The Kier molecular flexibility index (Phi) is 8.34. The summed E-state index contributed by atoms with van der Waals surface area (Å²) in [6.45, 7) is 2.06. The maximum atomic E-state index is 5.82. The molecule has 1 aliphatic carbocycles. The van der Waals surface area contributed by atoms with Crippen molar-refractivity contribution >= 4 is 11.8 Å². The van der Waals surface area contributed by atoms with Gasteiger partial charge in [-0.1, -0.05) is 19.3 Å². The van der Waals surface area contributed by atoms with E-state index in [1.54, 1.807) is 0 Å². The molecule has 2 nitrogen and oxygen atoms in total. The highest BCUT2D eigenvalue weighted by Gasteiger charge is 2.22. The molecule has 1 aliphatic rings. The number of nitrogens with one attached hydrogen (secondary N) is 1. The lowest BCUT2D eigenvalue weighted by Crippen LogP contribution is -2.42. The van der Waals surface area contributed by atoms with E-state index in [2.05, 4.69) is 11.6 Å². The molecule has 0 aromatic rings. The van der Waals surface area contributed by atoms with E-state index in [0.717, 1.165) is 12.5 Å². The first kappa shape index (κ1) is 14.3. The van der Waals surface area contributed by atoms with Gasteiger partial charge in [0.1, 0.15) is 0 Å². The van der Waals surface area contributed by atoms with E-state index in [4.69, 9.17) is 5.73 Å². The Bertz CT molecular complexity index is 164. The number of hydrogen-bond acceptors (Lipinski definition) is 3. The van der Waals surface area contributed by atoms with E-state index in [1.807, 2.05) is 11.8 Å². The van der Waals surface area contributed by atoms with Gasteiger partial charge in [-0.2, -0.15) is 11.8 Å². The lowest BCUT2D eigenvalue weighted by atomic mass is 9.84. The Hall–Kier alpha value is 0.270. The van der Waals surface area contributed by atoms with Crippen LogP contribution in [0.25, 0.3) is 0 Å². The minimum Gasteiger partial charge on any atom is -0.330 e. The lowest BCUT2D eigenvalue weighted by molar-refractivity contribution is 0.267. The Morgan fingerprint density at radius 2 is 2.00 bits per heavy atom. The molecule has 1 rings (SSSR count). The van der Waals surface area contributed by atoms with E-state index in [-0.39, 0.29) is 0 Å². The van der Waals surface area contributed by atoms with Crippen LogP contribution in [0.3, 0.4) is 0 Å². The van der Waals surface area contributed by atoms with Gasteiger partial charge >= 0.3 is 0 Å². The summed E-state index contributed by atoms with van der Waals surface area (Å²) in [7, 11) is 0. The van der Waals surface area contributed by atoms with Crippen LogP contribution in [0.5, 0.6) is 0 Å². The molecule has 0 amide bonds. The molecule has 3 heteroatoms. The largest absolute Gasteiger partial charge is 0.330 e. The molecular weight excluding hydrogens is 216 g/mol. The van der Waals surface area contributed by atoms with E-state index in [0.29, 0.717) is 6.04 Å². The van der Waals surface area contributed by atoms with Crippen LogP contribution in [0.2, 0.25) is 0 Å². The smallest absolute Gasteiger partial charge is 0.0107 e. The van der Waals surface area contributed by atoms with E-state index in [1.165, 1.54) is 57.2 Å². The van der Waals surface area contributed by atoms with Gasteiger partial charge in [0, 0.05) is 6.04 Å². The molecule has 3 N–H and O–H groups in total. The van der Waals surface area contributed by atoms with Crippen molar-refractivity contribution in [1.29, 1.82) is 0 Å². The predicted octanol–water partition coefficient (Wildman–Crippen LogP) is 2.63. The third-order valence-electron chi connectivity index (χ3n) is 3.64. The average molecular weight is 244 g/mol. The summed E-state index contributed by atoms with van der Waals surface area (Å²) in [5.74, 6) is 2.05. The van der Waals surface area contributed by atoms with Gasteiger partial charge in [0.05, 0.1) is 0 Å². The van der Waals surface area contributed by atoms with Crippen molar-refractivity contribution in [3.63, 3.8) is 0 Å². The van der Waals surface area contributed by atoms with Crippen LogP contribution in [-0.4, -0.2) is 31.1 Å². The fourth-order valence-corrected chi connectivity index (χ4v) is 3.09. The topological polar surface area (TPSA) is 38.0 Å². The second-order valence-electron chi connectivity index (χ2n) is 4.89. The Labute approximate surface area is 105 Å². The van der Waals surface area contributed by atoms with Gasteiger partial charge in [-0.15, -0.1) is 0 Å². The van der Waals surface area contributed by atoms with Crippen LogP contribution in [-0.2, 0) is 0 Å². The van der Waals surface area contributed by atoms with Crippen LogP contribution < -0.4 is 11.1 Å². The fraction of sp³-hybridized carbons (Fsp3) is 1.00. The van der Waals surface area contributed by atoms with Gasteiger partial charge in [-0.3, -0.25) is 0 Å². The monoisotopic (exact) mass is 244 g/mol. The lowest BCUT2D eigenvalue weighted by Gasteiger charge is -2.31. The molecule has 2 atom stereocenters. The first-order valence-corrected chi connectivity index (χ1v) is 8.20. The van der Waals surface area contributed by atoms with Crippen LogP contribution >= 0.6 is 11.8 Å². The fourth-order valence-electron chi connectivity index (χ4n) is 2.59. The molecule has 0 aromatic heterocycles. The minimum absolute atomic E-state index is 0.708. The first-order chi connectivity index (χ1) is 7.88. The summed E-state index contributed by atoms with van der Waals surface area (Å²) in [5.41, 5.74) is 5.82. The van der Waals surface area contributed by atoms with Crippen molar-refractivity contribution in [2.24, 2.45) is 11.7 Å². The summed E-state index contributed by atoms with van der Waals surface area (Å²) in [6, 6.07) is 0.708. The summed E-state index contributed by atoms with van der Waals surface area (Å²) in [5, 5.41) is 3.71. The number of hydrogen-bond donors (Lipinski definition) is 2. The molecular formula is C13H28N2S. The van der Waals surface area contributed by atoms with E-state index in [9.17, 15) is 0 Å². The zero-order valence-corrected chi connectivity index (χ0v) is 11.5. The molecule has 1 fully saturated rings. The number of nitrogens with two attached hydrogens (primary N) is 1. The SMILES string of the molecule is CSCCCCCNC1CCCCC1CN. The maximum Gasteiger partial charge on any atom is 0.0107 e. The van der Waals surface area contributed by atoms with Gasteiger partial charge in [-0.05, 0) is 56.7 Å². The standard InChI is InChI=1S/C13H28N2S/c1-16-10-6-2-5-9-15-13-8-4-3-7-12(13)11-14/h12-13,15H,2-11,14H2,1H3. The van der Waals surface area contributed by atoms with Crippen molar-refractivity contribution in [2.45, 2.75) is 51.0 Å². The molecule has 1 saturated carbocycles. The maximum absolute atomic E-state index is 5.82. The van der Waals surface area contributed by atoms with Crippen molar-refractivity contribution in [3.05, 3.63) is 0 Å². The second kappa shape index (κ2) is 9.32. The van der Waals surface area contributed by atoms with Gasteiger partial charge in [0.25, 0.3) is 0 Å². The van der Waals surface area contributed by atoms with Crippen LogP contribution in [0, 0.1) is 5.92 Å². The van der Waals surface area contributed by atoms with E-state index >= 15 is 0 Å². The molecule has 0 bridgehead atoms. The van der Waals surface area contributed by atoms with Crippen LogP contribution in [0.1, 0.15) is 44.9 Å². The Morgan fingerprint density at radius 3 is 2.75 bits per heavy atom. The summed E-state index contributed by atoms with van der Waals surface area (Å²) in [4.78, 5) is 0. The van der Waals surface area contributed by atoms with Crippen molar-refractivity contribution in [3.8, 4) is 0 Å². The van der Waals surface area contributed by atoms with Crippen molar-refractivity contribution in [2.75, 3.05) is 25.1 Å². The molecule has 0 heterocycles. The molecule has 0 radical (unpaired) electrons. The minimum atomic E-state index is 0.708. The van der Waals surface area contributed by atoms with Gasteiger partial charge in [0.15, 0.2) is 0 Å². The normalized spacial score (nSPS) is 25.9. The van der Waals surface area contributed by atoms with Crippen molar-refractivity contribution in [1.82, 2.24) is 5.32 Å². The highest BCUT2D eigenvalue weighted by molar-refractivity contribution is 7.98. The molecule has 0 saturated heterocycles. The van der Waals surface area contributed by atoms with Crippen molar-refractivity contribution < 1.29 is 0 Å². The summed E-state index contributed by atoms with van der Waals surface area (Å²) < 4.78 is 0. The zero-order valence-electron chi connectivity index (χ0n) is 10.7. The van der Waals surface area contributed by atoms with Gasteiger partial charge in [-0.25, -0.2) is 0 Å². The quantitative estimate of drug-likeness (QED) is 0.645. The Balaban J connectivity index is 2.02. The molecule has 96 valence electrons. The Morgan fingerprint density at radius 1 is 1.19 bits per heavy atom. The third-order valence-corrected chi connectivity index (χ3v) is 4.34. The number of unbranched alkanes of at least 4 members (excludes halogenated alkanes) is 2. The van der Waals surface area contributed by atoms with Gasteiger partial charge < -0.3 is 11.1 Å². The molecule has 0 aromatic carbocycles. The predicted molar refractivity (Wildman–Crippen MR) is 75.0 cm³/mol. The van der Waals surface area contributed by atoms with E-state index < -0.39 is 0 Å². The zero-order chi connectivity index (χ0) is 11.6. The van der Waals surface area contributed by atoms with Gasteiger partial charge in [0.2, 0.25) is 0 Å². The molecule has 0 spiro atoms.